The average molecular weight is 268 g/mol. The Labute approximate surface area is 99.5 Å². The quantitative estimate of drug-likeness (QED) is 0.874. The SMILES string of the molecule is CCC(NC(=O)CO)c1nc(C(F)(F)F)cs1. The molecule has 17 heavy (non-hydrogen) atoms. The molecule has 1 aromatic rings. The summed E-state index contributed by atoms with van der Waals surface area (Å²) in [6, 6.07) is -0.601. The summed E-state index contributed by atoms with van der Waals surface area (Å²) in [7, 11) is 0. The van der Waals surface area contributed by atoms with Gasteiger partial charge in [-0.15, -0.1) is 11.3 Å². The summed E-state index contributed by atoms with van der Waals surface area (Å²) in [5.74, 6) is -0.638. The fourth-order valence-electron chi connectivity index (χ4n) is 1.16. The molecule has 0 saturated heterocycles. The summed E-state index contributed by atoms with van der Waals surface area (Å²) >= 11 is 0.834. The zero-order valence-corrected chi connectivity index (χ0v) is 9.73. The summed E-state index contributed by atoms with van der Waals surface area (Å²) in [4.78, 5) is 14.4. The molecule has 1 atom stereocenters. The van der Waals surface area contributed by atoms with Crippen molar-refractivity contribution in [1.29, 1.82) is 0 Å². The van der Waals surface area contributed by atoms with Crippen LogP contribution in [0.5, 0.6) is 0 Å². The Hall–Kier alpha value is -1.15. The van der Waals surface area contributed by atoms with Crippen LogP contribution in [0.15, 0.2) is 5.38 Å². The fraction of sp³-hybridized carbons (Fsp3) is 0.556. The minimum Gasteiger partial charge on any atom is -0.387 e. The predicted molar refractivity (Wildman–Crippen MR) is 55.4 cm³/mol. The molecule has 1 aromatic heterocycles. The van der Waals surface area contributed by atoms with E-state index in [4.69, 9.17) is 5.11 Å². The monoisotopic (exact) mass is 268 g/mol. The number of nitrogens with one attached hydrogen (secondary N) is 1. The van der Waals surface area contributed by atoms with Crippen molar-refractivity contribution in [2.24, 2.45) is 0 Å². The average Bonchev–Trinajstić information content (AvgIpc) is 2.74. The number of hydrogen-bond donors (Lipinski definition) is 2. The van der Waals surface area contributed by atoms with Gasteiger partial charge in [0.25, 0.3) is 0 Å². The van der Waals surface area contributed by atoms with E-state index in [9.17, 15) is 18.0 Å². The Morgan fingerprint density at radius 2 is 2.29 bits per heavy atom. The molecule has 0 aliphatic heterocycles. The lowest BCUT2D eigenvalue weighted by molar-refractivity contribution is -0.140. The molecule has 0 saturated carbocycles. The van der Waals surface area contributed by atoms with Crippen LogP contribution in [0.3, 0.4) is 0 Å². The first kappa shape index (κ1) is 13.9. The Bertz CT molecular complexity index is 392. The standard InChI is InChI=1S/C9H11F3N2O2S/c1-2-5(13-7(16)3-15)8-14-6(4-17-8)9(10,11)12/h4-5,15H,2-3H2,1H3,(H,13,16). The normalized spacial score (nSPS) is 13.5. The van der Waals surface area contributed by atoms with Gasteiger partial charge in [-0.1, -0.05) is 6.92 Å². The third-order valence-electron chi connectivity index (χ3n) is 2.00. The van der Waals surface area contributed by atoms with E-state index in [-0.39, 0.29) is 5.01 Å². The van der Waals surface area contributed by atoms with Crippen LogP contribution < -0.4 is 5.32 Å². The van der Waals surface area contributed by atoms with Gasteiger partial charge in [-0.3, -0.25) is 4.79 Å². The molecule has 0 aromatic carbocycles. The number of carbonyl (C=O) groups is 1. The van der Waals surface area contributed by atoms with Crippen LogP contribution >= 0.6 is 11.3 Å². The van der Waals surface area contributed by atoms with Crippen LogP contribution in [0.2, 0.25) is 0 Å². The second-order valence-corrected chi connectivity index (χ2v) is 4.14. The first-order valence-corrected chi connectivity index (χ1v) is 5.69. The van der Waals surface area contributed by atoms with E-state index in [0.29, 0.717) is 6.42 Å². The lowest BCUT2D eigenvalue weighted by Crippen LogP contribution is -2.30. The van der Waals surface area contributed by atoms with Crippen molar-refractivity contribution in [2.75, 3.05) is 6.61 Å². The van der Waals surface area contributed by atoms with Gasteiger partial charge in [0, 0.05) is 5.38 Å². The molecule has 0 aliphatic carbocycles. The molecule has 0 radical (unpaired) electrons. The van der Waals surface area contributed by atoms with Gasteiger partial charge in [-0.05, 0) is 6.42 Å². The largest absolute Gasteiger partial charge is 0.434 e. The molecule has 1 rings (SSSR count). The van der Waals surface area contributed by atoms with Crippen molar-refractivity contribution in [1.82, 2.24) is 10.3 Å². The van der Waals surface area contributed by atoms with E-state index in [0.717, 1.165) is 16.7 Å². The second kappa shape index (κ2) is 5.46. The molecule has 4 nitrogen and oxygen atoms in total. The van der Waals surface area contributed by atoms with Crippen molar-refractivity contribution in [3.8, 4) is 0 Å². The number of aliphatic hydroxyl groups excluding tert-OH is 1. The van der Waals surface area contributed by atoms with Gasteiger partial charge in [0.05, 0.1) is 6.04 Å². The van der Waals surface area contributed by atoms with Gasteiger partial charge in [0.15, 0.2) is 5.69 Å². The Balaban J connectivity index is 2.83. The Morgan fingerprint density at radius 3 is 2.71 bits per heavy atom. The summed E-state index contributed by atoms with van der Waals surface area (Å²) < 4.78 is 36.9. The van der Waals surface area contributed by atoms with E-state index < -0.39 is 30.4 Å². The number of carbonyl (C=O) groups excluding carboxylic acids is 1. The van der Waals surface area contributed by atoms with Crippen molar-refractivity contribution in [3.05, 3.63) is 16.1 Å². The highest BCUT2D eigenvalue weighted by atomic mass is 32.1. The number of amides is 1. The summed E-state index contributed by atoms with van der Waals surface area (Å²) in [6.07, 6.45) is -4.08. The first-order valence-electron chi connectivity index (χ1n) is 4.81. The molecule has 1 amide bonds. The van der Waals surface area contributed by atoms with E-state index in [1.54, 1.807) is 6.92 Å². The van der Waals surface area contributed by atoms with Crippen molar-refractivity contribution >= 4 is 17.2 Å². The highest BCUT2D eigenvalue weighted by Gasteiger charge is 2.34. The number of alkyl halides is 3. The maximum Gasteiger partial charge on any atom is 0.434 e. The lowest BCUT2D eigenvalue weighted by atomic mass is 10.2. The number of aromatic nitrogens is 1. The van der Waals surface area contributed by atoms with Crippen LogP contribution in [-0.2, 0) is 11.0 Å². The minimum absolute atomic E-state index is 0.182. The Kier molecular flexibility index (Phi) is 4.47. The van der Waals surface area contributed by atoms with Crippen molar-refractivity contribution < 1.29 is 23.1 Å². The molecular formula is C9H11F3N2O2S. The van der Waals surface area contributed by atoms with Crippen molar-refractivity contribution in [2.45, 2.75) is 25.6 Å². The molecule has 0 spiro atoms. The topological polar surface area (TPSA) is 62.2 Å². The summed E-state index contributed by atoms with van der Waals surface area (Å²) in [5.41, 5.74) is -0.964. The summed E-state index contributed by atoms with van der Waals surface area (Å²) in [5, 5.41) is 12.0. The van der Waals surface area contributed by atoms with Gasteiger partial charge < -0.3 is 10.4 Å². The zero-order valence-electron chi connectivity index (χ0n) is 8.91. The molecule has 1 heterocycles. The van der Waals surface area contributed by atoms with Gasteiger partial charge in [-0.2, -0.15) is 13.2 Å². The van der Waals surface area contributed by atoms with Crippen molar-refractivity contribution in [3.63, 3.8) is 0 Å². The number of aliphatic hydroxyl groups is 1. The maximum atomic E-state index is 12.3. The van der Waals surface area contributed by atoms with E-state index in [2.05, 4.69) is 10.3 Å². The zero-order chi connectivity index (χ0) is 13.1. The molecule has 2 N–H and O–H groups in total. The number of nitrogens with zero attached hydrogens (tertiary/aromatic N) is 1. The Morgan fingerprint density at radius 1 is 1.65 bits per heavy atom. The number of rotatable bonds is 4. The van der Waals surface area contributed by atoms with Crippen LogP contribution in [0, 0.1) is 0 Å². The highest BCUT2D eigenvalue weighted by molar-refractivity contribution is 7.09. The van der Waals surface area contributed by atoms with Crippen LogP contribution in [0.4, 0.5) is 13.2 Å². The minimum atomic E-state index is -4.48. The number of hydrogen-bond acceptors (Lipinski definition) is 4. The predicted octanol–water partition coefficient (Wildman–Crippen LogP) is 1.72. The van der Waals surface area contributed by atoms with E-state index >= 15 is 0 Å². The van der Waals surface area contributed by atoms with Gasteiger partial charge in [0.1, 0.15) is 11.6 Å². The third kappa shape index (κ3) is 3.67. The molecule has 0 aliphatic rings. The first-order chi connectivity index (χ1) is 7.88. The van der Waals surface area contributed by atoms with E-state index in [1.807, 2.05) is 0 Å². The van der Waals surface area contributed by atoms with Crippen LogP contribution in [-0.4, -0.2) is 22.6 Å². The smallest absolute Gasteiger partial charge is 0.387 e. The summed E-state index contributed by atoms with van der Waals surface area (Å²) in [6.45, 7) is 1.00. The number of thiazole rings is 1. The highest BCUT2D eigenvalue weighted by Crippen LogP contribution is 2.32. The second-order valence-electron chi connectivity index (χ2n) is 3.26. The van der Waals surface area contributed by atoms with Gasteiger partial charge >= 0.3 is 6.18 Å². The molecule has 1 unspecified atom stereocenters. The molecule has 96 valence electrons. The molecule has 8 heteroatoms. The fourth-order valence-corrected chi connectivity index (χ4v) is 2.12. The maximum absolute atomic E-state index is 12.3. The number of halogens is 3. The lowest BCUT2D eigenvalue weighted by Gasteiger charge is -2.13. The molecule has 0 bridgehead atoms. The van der Waals surface area contributed by atoms with E-state index in [1.165, 1.54) is 0 Å². The van der Waals surface area contributed by atoms with Gasteiger partial charge in [-0.25, -0.2) is 4.98 Å². The van der Waals surface area contributed by atoms with Crippen LogP contribution in [0.1, 0.15) is 30.1 Å². The van der Waals surface area contributed by atoms with Crippen LogP contribution in [0.25, 0.3) is 0 Å². The van der Waals surface area contributed by atoms with Gasteiger partial charge in [0.2, 0.25) is 5.91 Å². The third-order valence-corrected chi connectivity index (χ3v) is 2.96. The molecule has 0 fully saturated rings. The molecular weight excluding hydrogens is 257 g/mol.